The second-order valence-corrected chi connectivity index (χ2v) is 4.97. The summed E-state index contributed by atoms with van der Waals surface area (Å²) in [6, 6.07) is 6.44. The van der Waals surface area contributed by atoms with Crippen LogP contribution in [0.25, 0.3) is 0 Å². The van der Waals surface area contributed by atoms with Gasteiger partial charge in [0.25, 0.3) is 0 Å². The van der Waals surface area contributed by atoms with Crippen molar-refractivity contribution < 1.29 is 9.50 Å². The van der Waals surface area contributed by atoms with Gasteiger partial charge < -0.3 is 5.11 Å². The van der Waals surface area contributed by atoms with E-state index in [9.17, 15) is 9.50 Å². The molecule has 3 atom stereocenters. The van der Waals surface area contributed by atoms with Crippen LogP contribution < -0.4 is 0 Å². The summed E-state index contributed by atoms with van der Waals surface area (Å²) >= 11 is 0. The largest absolute Gasteiger partial charge is 0.392 e. The van der Waals surface area contributed by atoms with E-state index in [1.807, 2.05) is 0 Å². The Balaban J connectivity index is 1.96. The molecule has 1 aromatic rings. The summed E-state index contributed by atoms with van der Waals surface area (Å²) in [6.07, 6.45) is 3.96. The first-order chi connectivity index (χ1) is 7.66. The van der Waals surface area contributed by atoms with E-state index in [0.29, 0.717) is 18.3 Å². The Bertz CT molecular complexity index is 333. The monoisotopic (exact) mass is 222 g/mol. The van der Waals surface area contributed by atoms with E-state index < -0.39 is 0 Å². The normalized spacial score (nSPS) is 26.9. The molecule has 1 aliphatic carbocycles. The molecule has 1 aromatic carbocycles. The zero-order valence-electron chi connectivity index (χ0n) is 9.70. The Morgan fingerprint density at radius 3 is 2.56 bits per heavy atom. The molecule has 1 nitrogen and oxygen atoms in total. The van der Waals surface area contributed by atoms with Crippen LogP contribution in [-0.4, -0.2) is 11.2 Å². The second kappa shape index (κ2) is 4.96. The van der Waals surface area contributed by atoms with Crippen molar-refractivity contribution >= 4 is 0 Å². The molecule has 1 saturated carbocycles. The van der Waals surface area contributed by atoms with Crippen LogP contribution in [0.5, 0.6) is 0 Å². The summed E-state index contributed by atoms with van der Waals surface area (Å²) in [7, 11) is 0. The maximum Gasteiger partial charge on any atom is 0.123 e. The molecule has 0 amide bonds. The third-order valence-electron chi connectivity index (χ3n) is 3.78. The Morgan fingerprint density at radius 1 is 1.31 bits per heavy atom. The van der Waals surface area contributed by atoms with Gasteiger partial charge in [0.1, 0.15) is 5.82 Å². The molecule has 1 N–H and O–H groups in total. The molecule has 0 aromatic heterocycles. The minimum absolute atomic E-state index is 0.215. The average molecular weight is 222 g/mol. The Hall–Kier alpha value is -0.890. The molecule has 0 spiro atoms. The zero-order valence-corrected chi connectivity index (χ0v) is 9.70. The number of hydrogen-bond acceptors (Lipinski definition) is 1. The molecule has 0 bridgehead atoms. The summed E-state index contributed by atoms with van der Waals surface area (Å²) in [5.74, 6) is 0.827. The van der Waals surface area contributed by atoms with Crippen LogP contribution in [0.2, 0.25) is 0 Å². The van der Waals surface area contributed by atoms with Crippen molar-refractivity contribution in [3.05, 3.63) is 35.6 Å². The van der Waals surface area contributed by atoms with Gasteiger partial charge in [0.05, 0.1) is 6.10 Å². The number of halogens is 1. The molecule has 0 aliphatic heterocycles. The Labute approximate surface area is 96.3 Å². The van der Waals surface area contributed by atoms with Crippen molar-refractivity contribution in [2.75, 3.05) is 0 Å². The van der Waals surface area contributed by atoms with Crippen LogP contribution in [0.1, 0.15) is 31.7 Å². The van der Waals surface area contributed by atoms with Crippen molar-refractivity contribution in [2.45, 2.75) is 38.7 Å². The molecule has 0 radical (unpaired) electrons. The summed E-state index contributed by atoms with van der Waals surface area (Å²) in [4.78, 5) is 0. The summed E-state index contributed by atoms with van der Waals surface area (Å²) in [5.41, 5.74) is 1.02. The quantitative estimate of drug-likeness (QED) is 0.833. The van der Waals surface area contributed by atoms with Crippen LogP contribution in [0.3, 0.4) is 0 Å². The van der Waals surface area contributed by atoms with Crippen LogP contribution in [0, 0.1) is 17.7 Å². The van der Waals surface area contributed by atoms with Gasteiger partial charge in [-0.1, -0.05) is 31.9 Å². The fourth-order valence-electron chi connectivity index (χ4n) is 2.76. The zero-order chi connectivity index (χ0) is 11.5. The molecule has 3 unspecified atom stereocenters. The van der Waals surface area contributed by atoms with Crippen molar-refractivity contribution in [3.8, 4) is 0 Å². The van der Waals surface area contributed by atoms with E-state index in [4.69, 9.17) is 0 Å². The fraction of sp³-hybridized carbons (Fsp3) is 0.571. The highest BCUT2D eigenvalue weighted by Gasteiger charge is 2.29. The third kappa shape index (κ3) is 2.62. The SMILES string of the molecule is CC1CCCC1C(O)Cc1ccc(F)cc1. The fourth-order valence-corrected chi connectivity index (χ4v) is 2.76. The summed E-state index contributed by atoms with van der Waals surface area (Å²) in [6.45, 7) is 2.21. The van der Waals surface area contributed by atoms with E-state index in [1.165, 1.54) is 25.0 Å². The Kier molecular flexibility index (Phi) is 3.59. The smallest absolute Gasteiger partial charge is 0.123 e. The lowest BCUT2D eigenvalue weighted by molar-refractivity contribution is 0.0901. The number of hydrogen-bond donors (Lipinski definition) is 1. The number of benzene rings is 1. The van der Waals surface area contributed by atoms with Gasteiger partial charge in [-0.15, -0.1) is 0 Å². The Morgan fingerprint density at radius 2 is 2.00 bits per heavy atom. The van der Waals surface area contributed by atoms with E-state index in [0.717, 1.165) is 12.0 Å². The van der Waals surface area contributed by atoms with Crippen LogP contribution in [0.15, 0.2) is 24.3 Å². The van der Waals surface area contributed by atoms with Crippen molar-refractivity contribution in [1.82, 2.24) is 0 Å². The first kappa shape index (κ1) is 11.6. The number of aliphatic hydroxyl groups excluding tert-OH is 1. The minimum atomic E-state index is -0.275. The first-order valence-electron chi connectivity index (χ1n) is 6.09. The predicted octanol–water partition coefficient (Wildman–Crippen LogP) is 3.17. The predicted molar refractivity (Wildman–Crippen MR) is 62.6 cm³/mol. The van der Waals surface area contributed by atoms with Gasteiger partial charge in [0.15, 0.2) is 0 Å². The lowest BCUT2D eigenvalue weighted by Crippen LogP contribution is -2.24. The van der Waals surface area contributed by atoms with Crippen LogP contribution >= 0.6 is 0 Å². The standard InChI is InChI=1S/C14H19FO/c1-10-3-2-4-13(10)14(16)9-11-5-7-12(15)8-6-11/h5-8,10,13-14,16H,2-4,9H2,1H3. The molecule has 1 fully saturated rings. The highest BCUT2D eigenvalue weighted by atomic mass is 19.1. The van der Waals surface area contributed by atoms with E-state index in [2.05, 4.69) is 6.92 Å². The number of rotatable bonds is 3. The van der Waals surface area contributed by atoms with Gasteiger partial charge in [-0.25, -0.2) is 4.39 Å². The van der Waals surface area contributed by atoms with E-state index in [1.54, 1.807) is 12.1 Å². The lowest BCUT2D eigenvalue weighted by atomic mass is 9.89. The topological polar surface area (TPSA) is 20.2 Å². The number of aliphatic hydroxyl groups is 1. The van der Waals surface area contributed by atoms with Gasteiger partial charge in [0, 0.05) is 0 Å². The van der Waals surface area contributed by atoms with Gasteiger partial charge in [-0.2, -0.15) is 0 Å². The molecular formula is C14H19FO. The van der Waals surface area contributed by atoms with Crippen LogP contribution in [-0.2, 0) is 6.42 Å². The molecule has 0 saturated heterocycles. The summed E-state index contributed by atoms with van der Waals surface area (Å²) in [5, 5.41) is 10.1. The molecular weight excluding hydrogens is 203 g/mol. The molecule has 0 heterocycles. The van der Waals surface area contributed by atoms with Crippen molar-refractivity contribution in [3.63, 3.8) is 0 Å². The van der Waals surface area contributed by atoms with Gasteiger partial charge >= 0.3 is 0 Å². The maximum atomic E-state index is 12.7. The highest BCUT2D eigenvalue weighted by molar-refractivity contribution is 5.17. The maximum absolute atomic E-state index is 12.7. The molecule has 16 heavy (non-hydrogen) atoms. The lowest BCUT2D eigenvalue weighted by Gasteiger charge is -2.22. The summed E-state index contributed by atoms with van der Waals surface area (Å²) < 4.78 is 12.7. The highest BCUT2D eigenvalue weighted by Crippen LogP contribution is 2.34. The second-order valence-electron chi connectivity index (χ2n) is 4.97. The molecule has 1 aliphatic rings. The van der Waals surface area contributed by atoms with Gasteiger partial charge in [-0.3, -0.25) is 0 Å². The van der Waals surface area contributed by atoms with Crippen molar-refractivity contribution in [2.24, 2.45) is 11.8 Å². The van der Waals surface area contributed by atoms with E-state index >= 15 is 0 Å². The average Bonchev–Trinajstić information content (AvgIpc) is 2.68. The van der Waals surface area contributed by atoms with Crippen LogP contribution in [0.4, 0.5) is 4.39 Å². The molecule has 2 rings (SSSR count). The third-order valence-corrected chi connectivity index (χ3v) is 3.78. The van der Waals surface area contributed by atoms with E-state index in [-0.39, 0.29) is 11.9 Å². The molecule has 88 valence electrons. The molecule has 2 heteroatoms. The first-order valence-corrected chi connectivity index (χ1v) is 6.09. The van der Waals surface area contributed by atoms with Gasteiger partial charge in [-0.05, 0) is 42.4 Å². The van der Waals surface area contributed by atoms with Gasteiger partial charge in [0.2, 0.25) is 0 Å². The minimum Gasteiger partial charge on any atom is -0.392 e. The van der Waals surface area contributed by atoms with Crippen molar-refractivity contribution in [1.29, 1.82) is 0 Å².